The van der Waals surface area contributed by atoms with E-state index in [1.807, 2.05) is 24.3 Å². The van der Waals surface area contributed by atoms with Gasteiger partial charge in [0.15, 0.2) is 0 Å². The van der Waals surface area contributed by atoms with E-state index in [1.54, 1.807) is 19.2 Å². The van der Waals surface area contributed by atoms with Crippen molar-refractivity contribution in [2.45, 2.75) is 31.0 Å². The molecule has 1 aromatic heterocycles. The molecule has 0 radical (unpaired) electrons. The fourth-order valence-corrected chi connectivity index (χ4v) is 4.91. The molecule has 1 saturated carbocycles. The molecule has 2 aromatic rings. The summed E-state index contributed by atoms with van der Waals surface area (Å²) in [4.78, 5) is 6.36. The van der Waals surface area contributed by atoms with Crippen LogP contribution in [0, 0.1) is 11.8 Å². The van der Waals surface area contributed by atoms with Crippen molar-refractivity contribution in [2.75, 3.05) is 26.7 Å². The highest BCUT2D eigenvalue weighted by molar-refractivity contribution is 5.28. The third kappa shape index (κ3) is 4.14. The molecule has 0 bridgehead atoms. The number of aliphatic hydroxyl groups excluding tert-OH is 1. The molecule has 1 aliphatic heterocycles. The molecule has 4 rings (SSSR count). The highest BCUT2D eigenvalue weighted by Gasteiger charge is 2.48. The quantitative estimate of drug-likeness (QED) is 0.708. The van der Waals surface area contributed by atoms with Crippen LogP contribution in [0.15, 0.2) is 42.6 Å². The van der Waals surface area contributed by atoms with Crippen molar-refractivity contribution in [2.24, 2.45) is 11.8 Å². The van der Waals surface area contributed by atoms with Gasteiger partial charge in [0.25, 0.3) is 0 Å². The number of hydrogen-bond acceptors (Lipinski definition) is 6. The average molecular weight is 384 g/mol. The van der Waals surface area contributed by atoms with Gasteiger partial charge in [0.2, 0.25) is 0 Å². The zero-order valence-electron chi connectivity index (χ0n) is 16.2. The topological polar surface area (TPSA) is 86.1 Å². The zero-order chi connectivity index (χ0) is 19.7. The van der Waals surface area contributed by atoms with Crippen LogP contribution in [0.1, 0.15) is 30.2 Å². The summed E-state index contributed by atoms with van der Waals surface area (Å²) in [5, 5.41) is 30.9. The lowest BCUT2D eigenvalue weighted by atomic mass is 9.91. The number of aromatic hydroxyl groups is 1. The van der Waals surface area contributed by atoms with Crippen LogP contribution in [-0.4, -0.2) is 57.5 Å². The second-order valence-electron chi connectivity index (χ2n) is 8.35. The third-order valence-electron chi connectivity index (χ3n) is 6.17. The monoisotopic (exact) mass is 384 g/mol. The molecular weight excluding hydrogens is 356 g/mol. The number of likely N-dealkylation sites (tertiary alicyclic amines) is 1. The summed E-state index contributed by atoms with van der Waals surface area (Å²) in [7, 11) is 1.65. The molecule has 2 fully saturated rings. The number of aliphatic hydroxyl groups is 2. The number of benzene rings is 1. The Morgan fingerprint density at radius 3 is 2.39 bits per heavy atom. The van der Waals surface area contributed by atoms with Gasteiger partial charge < -0.3 is 20.1 Å². The van der Waals surface area contributed by atoms with Gasteiger partial charge in [-0.05, 0) is 54.5 Å². The first-order valence-electron chi connectivity index (χ1n) is 9.85. The summed E-state index contributed by atoms with van der Waals surface area (Å²) in [5.41, 5.74) is 1.06. The lowest BCUT2D eigenvalue weighted by Gasteiger charge is -2.27. The average Bonchev–Trinajstić information content (AvgIpc) is 3.16. The Morgan fingerprint density at radius 1 is 1.14 bits per heavy atom. The van der Waals surface area contributed by atoms with Gasteiger partial charge in [0, 0.05) is 26.1 Å². The second kappa shape index (κ2) is 7.70. The molecule has 2 aliphatic rings. The molecule has 2 heterocycles. The zero-order valence-corrected chi connectivity index (χ0v) is 16.2. The van der Waals surface area contributed by atoms with Crippen LogP contribution in [0.2, 0.25) is 0 Å². The molecule has 150 valence electrons. The van der Waals surface area contributed by atoms with Crippen LogP contribution < -0.4 is 4.74 Å². The Bertz CT molecular complexity index is 779. The Balaban J connectivity index is 1.31. The molecule has 1 aromatic carbocycles. The molecule has 4 atom stereocenters. The molecule has 0 amide bonds. The molecule has 3 N–H and O–H groups in total. The van der Waals surface area contributed by atoms with E-state index in [0.29, 0.717) is 30.5 Å². The maximum absolute atomic E-state index is 11.1. The maximum Gasteiger partial charge on any atom is 0.133 e. The van der Waals surface area contributed by atoms with Gasteiger partial charge in [-0.1, -0.05) is 12.1 Å². The first kappa shape index (κ1) is 19.2. The van der Waals surface area contributed by atoms with Gasteiger partial charge in [0.05, 0.1) is 24.6 Å². The van der Waals surface area contributed by atoms with Crippen LogP contribution >= 0.6 is 0 Å². The number of rotatable bonds is 6. The van der Waals surface area contributed by atoms with E-state index < -0.39 is 11.7 Å². The minimum atomic E-state index is -0.669. The van der Waals surface area contributed by atoms with Crippen LogP contribution in [0.5, 0.6) is 11.5 Å². The Morgan fingerprint density at radius 2 is 1.82 bits per heavy atom. The number of methoxy groups -OCH3 is 1. The largest absolute Gasteiger partial charge is 0.506 e. The summed E-state index contributed by atoms with van der Waals surface area (Å²) in [6.45, 7) is 2.32. The Hall–Kier alpha value is -2.15. The molecule has 6 nitrogen and oxygen atoms in total. The molecule has 28 heavy (non-hydrogen) atoms. The first-order chi connectivity index (χ1) is 13.4. The van der Waals surface area contributed by atoms with Crippen LogP contribution in [0.4, 0.5) is 0 Å². The highest BCUT2D eigenvalue weighted by Crippen LogP contribution is 2.45. The third-order valence-corrected chi connectivity index (χ3v) is 6.17. The lowest BCUT2D eigenvalue weighted by Crippen LogP contribution is -2.33. The molecule has 1 unspecified atom stereocenters. The Labute approximate surface area is 165 Å². The number of ether oxygens (including phenoxy) is 1. The van der Waals surface area contributed by atoms with Gasteiger partial charge >= 0.3 is 0 Å². The van der Waals surface area contributed by atoms with E-state index in [-0.39, 0.29) is 5.75 Å². The Kier molecular flexibility index (Phi) is 5.27. The predicted molar refractivity (Wildman–Crippen MR) is 105 cm³/mol. The molecule has 0 spiro atoms. The number of β-amino-alcohol motifs (C(OH)–C–C–N with tert-alkyl or cyclic N) is 1. The standard InChI is InChI=1S/C22H28N2O4/c1-28-19-5-2-15(3-6-19)8-22(27)9-16-12-24(13-17(16)10-22)14-21(26)20-7-4-18(25)11-23-20/h2-7,11,16-17,21,25-27H,8-10,12-14H2,1H3/t16-,17+,21?,22-. The molecule has 6 heteroatoms. The number of nitrogens with zero attached hydrogens (tertiary/aromatic N) is 2. The van der Waals surface area contributed by atoms with Crippen LogP contribution in [-0.2, 0) is 6.42 Å². The fourth-order valence-electron chi connectivity index (χ4n) is 4.91. The minimum absolute atomic E-state index is 0.0998. The smallest absolute Gasteiger partial charge is 0.133 e. The number of aromatic nitrogens is 1. The normalized spacial score (nSPS) is 28.2. The summed E-state index contributed by atoms with van der Waals surface area (Å²) in [6.07, 6.45) is 2.96. The fraction of sp³-hybridized carbons (Fsp3) is 0.500. The van der Waals surface area contributed by atoms with Crippen LogP contribution in [0.25, 0.3) is 0 Å². The van der Waals surface area contributed by atoms with Gasteiger partial charge in [-0.15, -0.1) is 0 Å². The van der Waals surface area contributed by atoms with E-state index in [2.05, 4.69) is 9.88 Å². The molecular formula is C22H28N2O4. The molecule has 1 aliphatic carbocycles. The van der Waals surface area contributed by atoms with Crippen molar-refractivity contribution < 1.29 is 20.1 Å². The van der Waals surface area contributed by atoms with Gasteiger partial charge in [0.1, 0.15) is 17.6 Å². The summed E-state index contributed by atoms with van der Waals surface area (Å²) in [5.74, 6) is 1.85. The summed E-state index contributed by atoms with van der Waals surface area (Å²) >= 11 is 0. The van der Waals surface area contributed by atoms with E-state index in [9.17, 15) is 15.3 Å². The van der Waals surface area contributed by atoms with Crippen molar-refractivity contribution in [3.63, 3.8) is 0 Å². The minimum Gasteiger partial charge on any atom is -0.506 e. The van der Waals surface area contributed by atoms with Gasteiger partial charge in [-0.2, -0.15) is 0 Å². The van der Waals surface area contributed by atoms with E-state index >= 15 is 0 Å². The number of hydrogen-bond donors (Lipinski definition) is 3. The van der Waals surface area contributed by atoms with Crippen LogP contribution in [0.3, 0.4) is 0 Å². The molecule has 1 saturated heterocycles. The SMILES string of the molecule is COc1ccc(C[C@]2(O)C[C@H]3CN(CC(O)c4ccc(O)cn4)C[C@H]3C2)cc1. The van der Waals surface area contributed by atoms with Crippen molar-refractivity contribution in [3.05, 3.63) is 53.9 Å². The summed E-state index contributed by atoms with van der Waals surface area (Å²) < 4.78 is 5.20. The van der Waals surface area contributed by atoms with Gasteiger partial charge in [-0.25, -0.2) is 0 Å². The number of fused-ring (bicyclic) bond motifs is 1. The van der Waals surface area contributed by atoms with Crippen molar-refractivity contribution in [1.29, 1.82) is 0 Å². The highest BCUT2D eigenvalue weighted by atomic mass is 16.5. The second-order valence-corrected chi connectivity index (χ2v) is 8.35. The number of pyridine rings is 1. The van der Waals surface area contributed by atoms with E-state index in [0.717, 1.165) is 37.2 Å². The van der Waals surface area contributed by atoms with Crippen molar-refractivity contribution >= 4 is 0 Å². The maximum atomic E-state index is 11.1. The van der Waals surface area contributed by atoms with Crippen molar-refractivity contribution in [3.8, 4) is 11.5 Å². The lowest BCUT2D eigenvalue weighted by molar-refractivity contribution is 0.0327. The van der Waals surface area contributed by atoms with E-state index in [4.69, 9.17) is 4.74 Å². The summed E-state index contributed by atoms with van der Waals surface area (Å²) in [6, 6.07) is 11.1. The first-order valence-corrected chi connectivity index (χ1v) is 9.85. The predicted octanol–water partition coefficient (Wildman–Crippen LogP) is 2.14. The van der Waals surface area contributed by atoms with E-state index in [1.165, 1.54) is 6.20 Å². The van der Waals surface area contributed by atoms with Crippen molar-refractivity contribution in [1.82, 2.24) is 9.88 Å². The van der Waals surface area contributed by atoms with Gasteiger partial charge in [-0.3, -0.25) is 9.88 Å².